The highest BCUT2D eigenvalue weighted by Gasteiger charge is 2.04. The molecule has 0 N–H and O–H groups in total. The van der Waals surface area contributed by atoms with Gasteiger partial charge in [0, 0.05) is 13.3 Å². The lowest BCUT2D eigenvalue weighted by atomic mass is 9.95. The fourth-order valence-electron chi connectivity index (χ4n) is 3.32. The second-order valence-corrected chi connectivity index (χ2v) is 7.79. The number of nitrogens with zero attached hydrogens (tertiary/aromatic N) is 1. The molecule has 0 saturated carbocycles. The van der Waals surface area contributed by atoms with E-state index in [1.54, 1.807) is 7.05 Å². The zero-order valence-corrected chi connectivity index (χ0v) is 31.2. The average Bonchev–Trinajstić information content (AvgIpc) is 3.07. The highest BCUT2D eigenvalue weighted by molar-refractivity contribution is 5.79. The zero-order valence-electron chi connectivity index (χ0n) is 31.2. The van der Waals surface area contributed by atoms with E-state index in [4.69, 9.17) is 0 Å². The first-order valence-corrected chi connectivity index (χ1v) is 16.5. The van der Waals surface area contributed by atoms with Crippen LogP contribution in [0.4, 0.5) is 0 Å². The summed E-state index contributed by atoms with van der Waals surface area (Å²) in [6.45, 7) is 40.9. The molecule has 0 fully saturated rings. The van der Waals surface area contributed by atoms with Crippen molar-refractivity contribution in [2.24, 2.45) is 10.9 Å². The summed E-state index contributed by atoms with van der Waals surface area (Å²) in [6, 6.07) is 17.2. The van der Waals surface area contributed by atoms with Gasteiger partial charge in [0.1, 0.15) is 0 Å². The van der Waals surface area contributed by atoms with E-state index in [1.165, 1.54) is 40.7 Å². The summed E-state index contributed by atoms with van der Waals surface area (Å²) < 4.78 is 0. The lowest BCUT2D eigenvalue weighted by Crippen LogP contribution is -1.87. The van der Waals surface area contributed by atoms with Crippen molar-refractivity contribution < 1.29 is 0 Å². The Morgan fingerprint density at radius 2 is 1.26 bits per heavy atom. The van der Waals surface area contributed by atoms with Crippen LogP contribution in [0.1, 0.15) is 128 Å². The van der Waals surface area contributed by atoms with Gasteiger partial charge >= 0.3 is 0 Å². The molecule has 0 saturated heterocycles. The summed E-state index contributed by atoms with van der Waals surface area (Å²) in [5, 5.41) is 0. The minimum Gasteiger partial charge on any atom is -0.297 e. The van der Waals surface area contributed by atoms with Gasteiger partial charge in [-0.05, 0) is 60.9 Å². The van der Waals surface area contributed by atoms with E-state index < -0.39 is 0 Å². The van der Waals surface area contributed by atoms with Gasteiger partial charge in [0.05, 0.1) is 0 Å². The number of hydrogen-bond acceptors (Lipinski definition) is 1. The van der Waals surface area contributed by atoms with E-state index in [-0.39, 0.29) is 0 Å². The Morgan fingerprint density at radius 1 is 0.786 bits per heavy atom. The Kier molecular flexibility index (Phi) is 55.6. The maximum absolute atomic E-state index is 4.05. The standard InChI is InChI=1S/C17H18.C12H21N.5C2H6.C2H4/c1-4-14-9-11-15(12-10-14)17-8-6-5-7-16(17)13(2)3;1-5-7-11(2)10-12(3)8-6-9-13-4;6*1-2/h5-12H,2,4H2,1,3H3;6,8-10,12H,5,7H2,1-4H3;5*1-2H3;1-2H2/b;8-6-,11-10+,13-9?;;;;;;. The van der Waals surface area contributed by atoms with E-state index in [1.807, 2.05) is 81.5 Å². The summed E-state index contributed by atoms with van der Waals surface area (Å²) in [5.41, 5.74) is 7.73. The summed E-state index contributed by atoms with van der Waals surface area (Å²) in [7, 11) is 1.78. The Morgan fingerprint density at radius 3 is 1.67 bits per heavy atom. The van der Waals surface area contributed by atoms with Crippen LogP contribution in [0.5, 0.6) is 0 Å². The molecular formula is C41H73N. The quantitative estimate of drug-likeness (QED) is 0.218. The van der Waals surface area contributed by atoms with Gasteiger partial charge in [-0.3, -0.25) is 4.99 Å². The first kappa shape index (κ1) is 51.8. The molecular weight excluding hydrogens is 506 g/mol. The fourth-order valence-corrected chi connectivity index (χ4v) is 3.32. The summed E-state index contributed by atoms with van der Waals surface area (Å²) >= 11 is 0. The van der Waals surface area contributed by atoms with Gasteiger partial charge in [-0.2, -0.15) is 0 Å². The third-order valence-electron chi connectivity index (χ3n) is 4.90. The van der Waals surface area contributed by atoms with Crippen molar-refractivity contribution in [3.8, 4) is 11.1 Å². The van der Waals surface area contributed by atoms with Gasteiger partial charge in [-0.25, -0.2) is 0 Å². The molecule has 1 atom stereocenters. The zero-order chi connectivity index (χ0) is 34.4. The van der Waals surface area contributed by atoms with E-state index in [0.717, 1.165) is 12.0 Å². The van der Waals surface area contributed by atoms with Gasteiger partial charge in [0.25, 0.3) is 0 Å². The van der Waals surface area contributed by atoms with Crippen LogP contribution < -0.4 is 0 Å². The third-order valence-corrected chi connectivity index (χ3v) is 4.90. The molecule has 0 aromatic heterocycles. The van der Waals surface area contributed by atoms with E-state index in [0.29, 0.717) is 5.92 Å². The van der Waals surface area contributed by atoms with Gasteiger partial charge in [0.15, 0.2) is 0 Å². The molecule has 42 heavy (non-hydrogen) atoms. The molecule has 242 valence electrons. The summed E-state index contributed by atoms with van der Waals surface area (Å²) in [5.74, 6) is 0.518. The first-order valence-electron chi connectivity index (χ1n) is 16.5. The molecule has 0 aliphatic carbocycles. The second kappa shape index (κ2) is 45.1. The van der Waals surface area contributed by atoms with Crippen LogP contribution >= 0.6 is 0 Å². The molecule has 0 aliphatic rings. The van der Waals surface area contributed by atoms with Gasteiger partial charge in [-0.1, -0.05) is 175 Å². The molecule has 0 spiro atoms. The number of aliphatic imine (C=N–C) groups is 1. The van der Waals surface area contributed by atoms with Crippen molar-refractivity contribution in [2.45, 2.75) is 123 Å². The highest BCUT2D eigenvalue weighted by Crippen LogP contribution is 2.28. The number of benzene rings is 2. The maximum atomic E-state index is 4.05. The molecule has 1 nitrogen and oxygen atoms in total. The van der Waals surface area contributed by atoms with Crippen molar-refractivity contribution in [1.82, 2.24) is 0 Å². The molecule has 0 amide bonds. The van der Waals surface area contributed by atoms with Crippen molar-refractivity contribution in [3.05, 3.63) is 103 Å². The number of aryl methyl sites for hydroxylation is 1. The van der Waals surface area contributed by atoms with Crippen LogP contribution in [0.25, 0.3) is 16.7 Å². The van der Waals surface area contributed by atoms with Crippen LogP contribution in [0.3, 0.4) is 0 Å². The van der Waals surface area contributed by atoms with Crippen LogP contribution in [0.2, 0.25) is 0 Å². The molecule has 2 aromatic rings. The fraction of sp³-hybridized carbons (Fsp3) is 0.488. The van der Waals surface area contributed by atoms with Crippen molar-refractivity contribution in [2.75, 3.05) is 7.05 Å². The van der Waals surface area contributed by atoms with E-state index in [9.17, 15) is 0 Å². The lowest BCUT2D eigenvalue weighted by molar-refractivity contribution is 0.859. The third kappa shape index (κ3) is 30.0. The number of hydrogen-bond donors (Lipinski definition) is 0. The van der Waals surface area contributed by atoms with E-state index in [2.05, 4.69) is 120 Å². The molecule has 1 heteroatoms. The molecule has 2 aromatic carbocycles. The normalized spacial score (nSPS) is 9.86. The smallest absolute Gasteiger partial charge is 0.0277 e. The largest absolute Gasteiger partial charge is 0.297 e. The van der Waals surface area contributed by atoms with Crippen molar-refractivity contribution in [1.29, 1.82) is 0 Å². The Labute approximate surface area is 266 Å². The highest BCUT2D eigenvalue weighted by atomic mass is 14.6. The molecule has 0 bridgehead atoms. The maximum Gasteiger partial charge on any atom is 0.0277 e. The molecule has 1 unspecified atom stereocenters. The Hall–Kier alpha value is -2.93. The molecule has 0 aliphatic heterocycles. The van der Waals surface area contributed by atoms with Gasteiger partial charge in [0.2, 0.25) is 0 Å². The number of rotatable bonds is 8. The minimum absolute atomic E-state index is 0.518. The Balaban J connectivity index is -0.000000116. The molecule has 0 radical (unpaired) electrons. The predicted octanol–water partition coefficient (Wildman–Crippen LogP) is 14.5. The first-order chi connectivity index (χ1) is 20.4. The van der Waals surface area contributed by atoms with Crippen molar-refractivity contribution in [3.63, 3.8) is 0 Å². The van der Waals surface area contributed by atoms with Crippen LogP contribution in [0.15, 0.2) is 97.1 Å². The average molecular weight is 580 g/mol. The monoisotopic (exact) mass is 580 g/mol. The predicted molar refractivity (Wildman–Crippen MR) is 205 cm³/mol. The van der Waals surface area contributed by atoms with Gasteiger partial charge in [-0.15, -0.1) is 13.2 Å². The molecule has 0 heterocycles. The van der Waals surface area contributed by atoms with Crippen LogP contribution in [-0.2, 0) is 6.42 Å². The summed E-state index contributed by atoms with van der Waals surface area (Å²) in [4.78, 5) is 3.89. The van der Waals surface area contributed by atoms with Crippen LogP contribution in [-0.4, -0.2) is 13.3 Å². The Bertz CT molecular complexity index is 866. The van der Waals surface area contributed by atoms with E-state index >= 15 is 0 Å². The van der Waals surface area contributed by atoms with Crippen molar-refractivity contribution >= 4 is 11.8 Å². The van der Waals surface area contributed by atoms with Gasteiger partial charge < -0.3 is 0 Å². The summed E-state index contributed by atoms with van der Waals surface area (Å²) in [6.07, 6.45) is 11.8. The topological polar surface area (TPSA) is 12.4 Å². The second-order valence-electron chi connectivity index (χ2n) is 7.79. The minimum atomic E-state index is 0.518. The lowest BCUT2D eigenvalue weighted by Gasteiger charge is -2.09. The number of allylic oxidation sites excluding steroid dienone is 5. The SMILES string of the molecule is C=C.C=C(C)c1ccccc1-c1ccc(CC)cc1.CC.CC.CC.CC.CC.CCC/C(C)=C/C(C)/C=C\C=NC. The van der Waals surface area contributed by atoms with Crippen LogP contribution in [0, 0.1) is 5.92 Å². The molecule has 2 rings (SSSR count).